The molecule has 2 aromatic carbocycles. The van der Waals surface area contributed by atoms with Crippen LogP contribution in [0.25, 0.3) is 0 Å². The van der Waals surface area contributed by atoms with E-state index < -0.39 is 6.10 Å². The van der Waals surface area contributed by atoms with E-state index in [4.69, 9.17) is 0 Å². The fourth-order valence-electron chi connectivity index (χ4n) is 4.76. The molecule has 0 saturated carbocycles. The molecule has 1 unspecified atom stereocenters. The highest BCUT2D eigenvalue weighted by Crippen LogP contribution is 2.33. The second-order valence-electron chi connectivity index (χ2n) is 8.53. The Morgan fingerprint density at radius 1 is 1.13 bits per heavy atom. The maximum Gasteiger partial charge on any atom is 0.251 e. The van der Waals surface area contributed by atoms with Gasteiger partial charge in [-0.05, 0) is 55.4 Å². The second-order valence-corrected chi connectivity index (χ2v) is 9.47. The van der Waals surface area contributed by atoms with Crippen LogP contribution in [0.2, 0.25) is 0 Å². The third kappa shape index (κ3) is 4.42. The van der Waals surface area contributed by atoms with Crippen molar-refractivity contribution >= 4 is 17.2 Å². The highest BCUT2D eigenvalue weighted by atomic mass is 32.1. The molecule has 31 heavy (non-hydrogen) atoms. The van der Waals surface area contributed by atoms with E-state index >= 15 is 0 Å². The van der Waals surface area contributed by atoms with Crippen molar-refractivity contribution in [1.82, 2.24) is 15.6 Å². The third-order valence-electron chi connectivity index (χ3n) is 6.46. The summed E-state index contributed by atoms with van der Waals surface area (Å²) >= 11 is 1.67. The van der Waals surface area contributed by atoms with Crippen molar-refractivity contribution in [2.24, 2.45) is 0 Å². The Morgan fingerprint density at radius 3 is 2.74 bits per heavy atom. The van der Waals surface area contributed by atoms with Crippen LogP contribution in [0.15, 0.2) is 60.1 Å². The van der Waals surface area contributed by atoms with E-state index in [2.05, 4.69) is 15.6 Å². The molecule has 4 atom stereocenters. The first-order valence-electron chi connectivity index (χ1n) is 11.0. The smallest absolute Gasteiger partial charge is 0.251 e. The predicted octanol–water partition coefficient (Wildman–Crippen LogP) is 3.96. The summed E-state index contributed by atoms with van der Waals surface area (Å²) in [5.74, 6) is -0.0394. The fourth-order valence-corrected chi connectivity index (χ4v) is 5.61. The molecule has 0 spiro atoms. The van der Waals surface area contributed by atoms with E-state index in [1.54, 1.807) is 11.3 Å². The molecular formula is C25H27N3O2S. The number of nitrogens with one attached hydrogen (secondary N) is 2. The number of thiazole rings is 1. The van der Waals surface area contributed by atoms with Gasteiger partial charge < -0.3 is 15.7 Å². The standard InChI is InChI=1S/C25H27N3O2S/c29-24(17-4-2-1-3-5-17)21-11-10-19(27-21)14-16-6-8-18(9-7-16)25(30)28-20-12-13-22-23(20)26-15-31-22/h1-9,15,19-21,24,27,29H,10-14H2,(H,28,30)/t19-,20?,21+,24+/m0/s1. The quantitative estimate of drug-likeness (QED) is 0.550. The molecule has 2 heterocycles. The van der Waals surface area contributed by atoms with Crippen molar-refractivity contribution in [3.05, 3.63) is 87.4 Å². The number of rotatable bonds is 6. The molecule has 1 amide bonds. The Kier molecular flexibility index (Phi) is 5.85. The van der Waals surface area contributed by atoms with E-state index in [0.717, 1.165) is 43.4 Å². The summed E-state index contributed by atoms with van der Waals surface area (Å²) in [5.41, 5.74) is 5.74. The van der Waals surface area contributed by atoms with Crippen molar-refractivity contribution in [1.29, 1.82) is 0 Å². The van der Waals surface area contributed by atoms with Gasteiger partial charge in [-0.1, -0.05) is 42.5 Å². The Labute approximate surface area is 186 Å². The first-order chi connectivity index (χ1) is 15.2. The van der Waals surface area contributed by atoms with Gasteiger partial charge in [0.1, 0.15) is 0 Å². The Balaban J connectivity index is 1.15. The van der Waals surface area contributed by atoms with Crippen molar-refractivity contribution in [2.75, 3.05) is 0 Å². The summed E-state index contributed by atoms with van der Waals surface area (Å²) in [7, 11) is 0. The molecule has 6 heteroatoms. The maximum absolute atomic E-state index is 12.7. The predicted molar refractivity (Wildman–Crippen MR) is 122 cm³/mol. The number of aryl methyl sites for hydroxylation is 1. The lowest BCUT2D eigenvalue weighted by molar-refractivity contribution is 0.0936. The summed E-state index contributed by atoms with van der Waals surface area (Å²) in [5, 5.41) is 17.4. The highest BCUT2D eigenvalue weighted by Gasteiger charge is 2.30. The van der Waals surface area contributed by atoms with Gasteiger partial charge in [0.2, 0.25) is 0 Å². The number of nitrogens with zero attached hydrogens (tertiary/aromatic N) is 1. The van der Waals surface area contributed by atoms with Crippen LogP contribution in [-0.4, -0.2) is 28.1 Å². The molecule has 0 bridgehead atoms. The van der Waals surface area contributed by atoms with Crippen molar-refractivity contribution in [3.8, 4) is 0 Å². The molecule has 2 aliphatic rings. The number of aliphatic hydroxyl groups is 1. The van der Waals surface area contributed by atoms with Crippen LogP contribution in [0, 0.1) is 0 Å². The monoisotopic (exact) mass is 433 g/mol. The van der Waals surface area contributed by atoms with Crippen LogP contribution in [0.5, 0.6) is 0 Å². The van der Waals surface area contributed by atoms with Gasteiger partial charge >= 0.3 is 0 Å². The summed E-state index contributed by atoms with van der Waals surface area (Å²) < 4.78 is 0. The summed E-state index contributed by atoms with van der Waals surface area (Å²) in [6, 6.07) is 18.2. The molecule has 3 aromatic rings. The van der Waals surface area contributed by atoms with Crippen LogP contribution in [0.4, 0.5) is 0 Å². The van der Waals surface area contributed by atoms with Crippen LogP contribution in [-0.2, 0) is 12.8 Å². The molecule has 5 nitrogen and oxygen atoms in total. The van der Waals surface area contributed by atoms with E-state index in [-0.39, 0.29) is 18.0 Å². The zero-order chi connectivity index (χ0) is 21.2. The van der Waals surface area contributed by atoms with E-state index in [1.807, 2.05) is 60.1 Å². The van der Waals surface area contributed by atoms with Gasteiger partial charge in [-0.25, -0.2) is 4.98 Å². The summed E-state index contributed by atoms with van der Waals surface area (Å²) in [4.78, 5) is 18.4. The SMILES string of the molecule is O=C(NC1CCc2scnc21)c1ccc(C[C@@H]2CC[C@H]([C@H](O)c3ccccc3)N2)cc1. The number of hydrogen-bond donors (Lipinski definition) is 3. The van der Waals surface area contributed by atoms with Gasteiger partial charge in [0.05, 0.1) is 23.4 Å². The lowest BCUT2D eigenvalue weighted by Gasteiger charge is -2.20. The van der Waals surface area contributed by atoms with Crippen LogP contribution < -0.4 is 10.6 Å². The molecule has 160 valence electrons. The highest BCUT2D eigenvalue weighted by molar-refractivity contribution is 7.09. The molecule has 1 aliphatic heterocycles. The number of aliphatic hydroxyl groups excluding tert-OH is 1. The molecule has 5 rings (SSSR count). The molecule has 1 aromatic heterocycles. The average Bonchev–Trinajstić information content (AvgIpc) is 3.53. The number of aromatic nitrogens is 1. The van der Waals surface area contributed by atoms with E-state index in [9.17, 15) is 9.90 Å². The van der Waals surface area contributed by atoms with E-state index in [0.29, 0.717) is 11.6 Å². The zero-order valence-corrected chi connectivity index (χ0v) is 18.1. The maximum atomic E-state index is 12.7. The van der Waals surface area contributed by atoms with Crippen LogP contribution in [0.1, 0.15) is 63.5 Å². The van der Waals surface area contributed by atoms with Gasteiger partial charge in [0, 0.05) is 22.5 Å². The lowest BCUT2D eigenvalue weighted by Crippen LogP contribution is -2.35. The zero-order valence-electron chi connectivity index (χ0n) is 17.3. The topological polar surface area (TPSA) is 74.2 Å². The summed E-state index contributed by atoms with van der Waals surface area (Å²) in [6.07, 6.45) is 4.34. The van der Waals surface area contributed by atoms with Crippen LogP contribution >= 0.6 is 11.3 Å². The number of carbonyl (C=O) groups excluding carboxylic acids is 1. The Morgan fingerprint density at radius 2 is 1.94 bits per heavy atom. The van der Waals surface area contributed by atoms with Gasteiger partial charge in [-0.3, -0.25) is 4.79 Å². The van der Waals surface area contributed by atoms with Gasteiger partial charge in [0.25, 0.3) is 5.91 Å². The Bertz CT molecular complexity index is 1030. The van der Waals surface area contributed by atoms with Crippen molar-refractivity contribution in [3.63, 3.8) is 0 Å². The van der Waals surface area contributed by atoms with E-state index in [1.165, 1.54) is 10.4 Å². The minimum atomic E-state index is -0.480. The fraction of sp³-hybridized carbons (Fsp3) is 0.360. The van der Waals surface area contributed by atoms with Gasteiger partial charge in [-0.15, -0.1) is 11.3 Å². The normalized spacial score (nSPS) is 23.5. The summed E-state index contributed by atoms with van der Waals surface area (Å²) in [6.45, 7) is 0. The minimum absolute atomic E-state index is 0.0316. The number of carbonyl (C=O) groups is 1. The Hall–Kier alpha value is -2.54. The number of fused-ring (bicyclic) bond motifs is 1. The molecular weight excluding hydrogens is 406 g/mol. The molecule has 1 aliphatic carbocycles. The van der Waals surface area contributed by atoms with Crippen molar-refractivity contribution in [2.45, 2.75) is 56.3 Å². The van der Waals surface area contributed by atoms with Gasteiger partial charge in [-0.2, -0.15) is 0 Å². The number of hydrogen-bond acceptors (Lipinski definition) is 5. The van der Waals surface area contributed by atoms with Gasteiger partial charge in [0.15, 0.2) is 0 Å². The molecule has 3 N–H and O–H groups in total. The molecule has 1 fully saturated rings. The lowest BCUT2D eigenvalue weighted by atomic mass is 10.0. The molecule has 0 radical (unpaired) electrons. The molecule has 1 saturated heterocycles. The number of amides is 1. The first-order valence-corrected chi connectivity index (χ1v) is 11.9. The minimum Gasteiger partial charge on any atom is -0.387 e. The number of benzene rings is 2. The largest absolute Gasteiger partial charge is 0.387 e. The third-order valence-corrected chi connectivity index (χ3v) is 7.37. The second kappa shape index (κ2) is 8.91. The van der Waals surface area contributed by atoms with Crippen LogP contribution in [0.3, 0.4) is 0 Å². The van der Waals surface area contributed by atoms with Crippen molar-refractivity contribution < 1.29 is 9.90 Å². The average molecular weight is 434 g/mol. The first kappa shape index (κ1) is 20.4.